The van der Waals surface area contributed by atoms with Crippen LogP contribution in [-0.4, -0.2) is 46.2 Å². The number of hydrogen-bond acceptors (Lipinski definition) is 5. The van der Waals surface area contributed by atoms with Crippen LogP contribution in [0, 0.1) is 17.2 Å². The highest BCUT2D eigenvalue weighted by Crippen LogP contribution is 2.30. The summed E-state index contributed by atoms with van der Waals surface area (Å²) >= 11 is 0. The van der Waals surface area contributed by atoms with Crippen molar-refractivity contribution in [3.05, 3.63) is 64.5 Å². The fourth-order valence-corrected chi connectivity index (χ4v) is 3.39. The van der Waals surface area contributed by atoms with Crippen LogP contribution in [0.25, 0.3) is 0 Å². The molecule has 1 N–H and O–H groups in total. The van der Waals surface area contributed by atoms with Crippen molar-refractivity contribution in [1.29, 1.82) is 5.26 Å². The number of halogens is 3. The maximum Gasteiger partial charge on any atom is 0.490 e. The molecule has 2 aliphatic rings. The maximum absolute atomic E-state index is 12.8. The summed E-state index contributed by atoms with van der Waals surface area (Å²) in [5, 5.41) is 16.2. The normalized spacial score (nSPS) is 15.0. The molecule has 1 aliphatic heterocycles. The third-order valence-corrected chi connectivity index (χ3v) is 5.31. The summed E-state index contributed by atoms with van der Waals surface area (Å²) in [5.41, 5.74) is 4.57. The van der Waals surface area contributed by atoms with Gasteiger partial charge in [0.1, 0.15) is 0 Å². The molecule has 4 rings (SSSR count). The smallest absolute Gasteiger partial charge is 0.475 e. The lowest BCUT2D eigenvalue weighted by Gasteiger charge is -2.30. The number of ether oxygens (including phenoxy) is 1. The van der Waals surface area contributed by atoms with E-state index >= 15 is 0 Å². The van der Waals surface area contributed by atoms with Gasteiger partial charge in [-0.3, -0.25) is 9.78 Å². The molecular weight excluding hydrogens is 439 g/mol. The number of pyridine rings is 1. The maximum atomic E-state index is 12.8. The molecule has 2 heterocycles. The van der Waals surface area contributed by atoms with E-state index < -0.39 is 12.1 Å². The summed E-state index contributed by atoms with van der Waals surface area (Å²) in [5.74, 6) is -2.05. The van der Waals surface area contributed by atoms with E-state index in [0.717, 1.165) is 30.1 Å². The molecule has 7 nitrogen and oxygen atoms in total. The van der Waals surface area contributed by atoms with Crippen LogP contribution in [0.5, 0.6) is 0 Å². The van der Waals surface area contributed by atoms with Crippen LogP contribution in [-0.2, 0) is 29.1 Å². The number of carboxylic acids is 1. The van der Waals surface area contributed by atoms with E-state index in [-0.39, 0.29) is 5.91 Å². The Kier molecular flexibility index (Phi) is 7.66. The van der Waals surface area contributed by atoms with Crippen molar-refractivity contribution >= 4 is 11.9 Å². The SMILES string of the molecule is N#Cc1cccc(C(=O)N2CCc3c(COCC4CC4)cncc3C2)c1.O=C(O)C(F)(F)F. The number of benzene rings is 1. The molecular formula is C23H22F3N3O4. The molecule has 174 valence electrons. The van der Waals surface area contributed by atoms with E-state index in [4.69, 9.17) is 19.9 Å². The largest absolute Gasteiger partial charge is 0.490 e. The minimum atomic E-state index is -5.08. The van der Waals surface area contributed by atoms with E-state index in [1.807, 2.05) is 17.3 Å². The Balaban J connectivity index is 0.000000383. The van der Waals surface area contributed by atoms with Crippen LogP contribution in [0.1, 0.15) is 45.5 Å². The van der Waals surface area contributed by atoms with Crippen molar-refractivity contribution in [2.24, 2.45) is 5.92 Å². The Morgan fingerprint density at radius 2 is 2.00 bits per heavy atom. The predicted octanol–water partition coefficient (Wildman–Crippen LogP) is 3.71. The first kappa shape index (κ1) is 24.2. The van der Waals surface area contributed by atoms with Crippen molar-refractivity contribution in [2.45, 2.75) is 38.6 Å². The van der Waals surface area contributed by atoms with Crippen molar-refractivity contribution < 1.29 is 32.6 Å². The average molecular weight is 461 g/mol. The van der Waals surface area contributed by atoms with Crippen molar-refractivity contribution in [1.82, 2.24) is 9.88 Å². The number of amides is 1. The highest BCUT2D eigenvalue weighted by molar-refractivity contribution is 5.94. The summed E-state index contributed by atoms with van der Waals surface area (Å²) in [7, 11) is 0. The molecule has 0 unspecified atom stereocenters. The number of carbonyl (C=O) groups is 2. The number of rotatable bonds is 5. The monoisotopic (exact) mass is 461 g/mol. The summed E-state index contributed by atoms with van der Waals surface area (Å²) < 4.78 is 37.6. The summed E-state index contributed by atoms with van der Waals surface area (Å²) in [4.78, 5) is 27.9. The number of nitriles is 1. The van der Waals surface area contributed by atoms with Gasteiger partial charge in [0, 0.05) is 37.7 Å². The molecule has 1 amide bonds. The number of nitrogens with zero attached hydrogens (tertiary/aromatic N) is 3. The Hall–Kier alpha value is -3.45. The predicted molar refractivity (Wildman–Crippen MR) is 110 cm³/mol. The lowest BCUT2D eigenvalue weighted by atomic mass is 9.97. The lowest BCUT2D eigenvalue weighted by Crippen LogP contribution is -2.36. The number of hydrogen-bond donors (Lipinski definition) is 1. The fraction of sp³-hybridized carbons (Fsp3) is 0.391. The molecule has 0 radical (unpaired) electrons. The summed E-state index contributed by atoms with van der Waals surface area (Å²) in [6.07, 6.45) is 2.04. The highest BCUT2D eigenvalue weighted by Gasteiger charge is 2.38. The molecule has 0 saturated heterocycles. The summed E-state index contributed by atoms with van der Waals surface area (Å²) in [6.45, 7) is 2.66. The number of aromatic nitrogens is 1. The van der Waals surface area contributed by atoms with E-state index in [9.17, 15) is 18.0 Å². The second kappa shape index (κ2) is 10.4. The van der Waals surface area contributed by atoms with Crippen LogP contribution in [0.3, 0.4) is 0 Å². The van der Waals surface area contributed by atoms with Crippen molar-refractivity contribution in [3.63, 3.8) is 0 Å². The Labute approximate surface area is 188 Å². The van der Waals surface area contributed by atoms with Gasteiger partial charge in [-0.15, -0.1) is 0 Å². The molecule has 1 saturated carbocycles. The zero-order valence-electron chi connectivity index (χ0n) is 17.6. The third-order valence-electron chi connectivity index (χ3n) is 5.31. The van der Waals surface area contributed by atoms with E-state index in [0.29, 0.717) is 30.8 Å². The zero-order valence-corrected chi connectivity index (χ0v) is 17.6. The second-order valence-corrected chi connectivity index (χ2v) is 7.87. The molecule has 0 spiro atoms. The molecule has 10 heteroatoms. The van der Waals surface area contributed by atoms with Crippen molar-refractivity contribution in [2.75, 3.05) is 13.2 Å². The second-order valence-electron chi connectivity index (χ2n) is 7.87. The van der Waals surface area contributed by atoms with Crippen LogP contribution in [0.15, 0.2) is 36.7 Å². The van der Waals surface area contributed by atoms with E-state index in [2.05, 4.69) is 11.1 Å². The van der Waals surface area contributed by atoms with Gasteiger partial charge in [-0.05, 0) is 60.1 Å². The standard InChI is InChI=1S/C21H21N3O2.C2HF3O2/c22-9-16-2-1-3-17(8-16)21(25)24-7-6-20-18(12-24)10-23-11-19(20)14-26-13-15-4-5-15;3-2(4,5)1(6)7/h1-3,8,10-11,15H,4-7,12-14H2;(H,6,7). The van der Waals surface area contributed by atoms with Crippen molar-refractivity contribution in [3.8, 4) is 6.07 Å². The highest BCUT2D eigenvalue weighted by atomic mass is 19.4. The van der Waals surface area contributed by atoms with Gasteiger partial charge in [-0.25, -0.2) is 4.79 Å². The number of carboxylic acid groups (broad SMARTS) is 1. The molecule has 1 fully saturated rings. The van der Waals surface area contributed by atoms with Gasteiger partial charge in [0.25, 0.3) is 5.91 Å². The van der Waals surface area contributed by atoms with Gasteiger partial charge in [-0.1, -0.05) is 6.07 Å². The summed E-state index contributed by atoms with van der Waals surface area (Å²) in [6, 6.07) is 8.96. The molecule has 0 bridgehead atoms. The van der Waals surface area contributed by atoms with E-state index in [1.165, 1.54) is 18.4 Å². The van der Waals surface area contributed by atoms with Gasteiger partial charge in [0.2, 0.25) is 0 Å². The first-order valence-corrected chi connectivity index (χ1v) is 10.3. The molecule has 1 aliphatic carbocycles. The van der Waals surface area contributed by atoms with Gasteiger partial charge < -0.3 is 14.7 Å². The molecule has 33 heavy (non-hydrogen) atoms. The Bertz CT molecular complexity index is 1060. The van der Waals surface area contributed by atoms with Gasteiger partial charge in [-0.2, -0.15) is 18.4 Å². The zero-order chi connectivity index (χ0) is 24.0. The third kappa shape index (κ3) is 6.76. The van der Waals surface area contributed by atoms with Gasteiger partial charge in [0.05, 0.1) is 18.2 Å². The fourth-order valence-electron chi connectivity index (χ4n) is 3.39. The number of fused-ring (bicyclic) bond motifs is 1. The minimum absolute atomic E-state index is 0.0388. The Morgan fingerprint density at radius 3 is 2.64 bits per heavy atom. The van der Waals surface area contributed by atoms with Gasteiger partial charge in [0.15, 0.2) is 0 Å². The molecule has 2 aromatic rings. The van der Waals surface area contributed by atoms with Crippen LogP contribution in [0.4, 0.5) is 13.2 Å². The number of aliphatic carboxylic acids is 1. The lowest BCUT2D eigenvalue weighted by molar-refractivity contribution is -0.192. The van der Waals surface area contributed by atoms with Gasteiger partial charge >= 0.3 is 12.1 Å². The topological polar surface area (TPSA) is 104 Å². The van der Waals surface area contributed by atoms with E-state index in [1.54, 1.807) is 24.3 Å². The number of alkyl halides is 3. The average Bonchev–Trinajstić information content (AvgIpc) is 3.62. The quantitative estimate of drug-likeness (QED) is 0.728. The number of carbonyl (C=O) groups excluding carboxylic acids is 1. The first-order valence-electron chi connectivity index (χ1n) is 10.3. The van der Waals surface area contributed by atoms with Crippen LogP contribution in [0.2, 0.25) is 0 Å². The molecule has 1 aromatic heterocycles. The first-order chi connectivity index (χ1) is 15.7. The molecule has 0 atom stereocenters. The van der Waals surface area contributed by atoms with Crippen LogP contribution < -0.4 is 0 Å². The minimum Gasteiger partial charge on any atom is -0.475 e. The Morgan fingerprint density at radius 1 is 1.27 bits per heavy atom. The van der Waals surface area contributed by atoms with Crippen LogP contribution >= 0.6 is 0 Å². The molecule has 1 aromatic carbocycles.